The number of para-hydroxylation sites is 1. The van der Waals surface area contributed by atoms with E-state index >= 15 is 0 Å². The number of likely N-dealkylation sites (N-methyl/N-ethyl adjacent to an activating group) is 1. The number of amides is 2. The second-order valence-corrected chi connectivity index (χ2v) is 6.85. The Balaban J connectivity index is 1.75. The van der Waals surface area contributed by atoms with E-state index in [1.165, 1.54) is 12.1 Å². The first-order valence-corrected chi connectivity index (χ1v) is 9.25. The number of nitrogens with zero attached hydrogens (tertiary/aromatic N) is 4. The van der Waals surface area contributed by atoms with Crippen molar-refractivity contribution in [2.45, 2.75) is 6.92 Å². The van der Waals surface area contributed by atoms with Crippen LogP contribution < -0.4 is 9.80 Å². The largest absolute Gasteiger partial charge is 0.363 e. The molecular weight excluding hydrogens is 360 g/mol. The minimum atomic E-state index is -0.531. The fourth-order valence-electron chi connectivity index (χ4n) is 3.78. The van der Waals surface area contributed by atoms with Crippen LogP contribution in [0.1, 0.15) is 27.6 Å². The summed E-state index contributed by atoms with van der Waals surface area (Å²) < 4.78 is 0. The van der Waals surface area contributed by atoms with E-state index in [1.54, 1.807) is 30.3 Å². The van der Waals surface area contributed by atoms with Gasteiger partial charge in [-0.3, -0.25) is 19.7 Å². The third-order valence-corrected chi connectivity index (χ3v) is 5.35. The van der Waals surface area contributed by atoms with Crippen LogP contribution in [0, 0.1) is 10.1 Å². The zero-order chi connectivity index (χ0) is 19.8. The molecule has 0 N–H and O–H groups in total. The van der Waals surface area contributed by atoms with E-state index in [-0.39, 0.29) is 16.8 Å². The highest BCUT2D eigenvalue weighted by molar-refractivity contribution is 6.35. The third kappa shape index (κ3) is 2.91. The summed E-state index contributed by atoms with van der Waals surface area (Å²) in [6.07, 6.45) is 0. The van der Waals surface area contributed by atoms with Crippen LogP contribution in [0.15, 0.2) is 42.5 Å². The van der Waals surface area contributed by atoms with Crippen LogP contribution in [-0.2, 0) is 0 Å². The van der Waals surface area contributed by atoms with Crippen molar-refractivity contribution in [3.05, 3.63) is 63.7 Å². The molecule has 4 rings (SSSR count). The van der Waals surface area contributed by atoms with Gasteiger partial charge in [0.25, 0.3) is 17.5 Å². The standard InChI is InChI=1S/C20H20N4O4/c1-2-21-8-10-22(11-9-21)17-12-15-16(13-18(17)24(27)28)20(26)23(19(15)25)14-6-4-3-5-7-14/h3-7,12-13H,2,8-11H2,1H3. The molecule has 0 atom stereocenters. The van der Waals surface area contributed by atoms with Gasteiger partial charge in [-0.25, -0.2) is 4.90 Å². The first-order valence-electron chi connectivity index (χ1n) is 9.25. The number of imide groups is 1. The maximum absolute atomic E-state index is 12.9. The molecule has 0 aliphatic carbocycles. The molecule has 8 heteroatoms. The molecule has 0 saturated carbocycles. The van der Waals surface area contributed by atoms with Crippen molar-refractivity contribution >= 4 is 28.9 Å². The van der Waals surface area contributed by atoms with Gasteiger partial charge in [-0.2, -0.15) is 0 Å². The molecule has 2 aromatic carbocycles. The Morgan fingerprint density at radius 3 is 2.14 bits per heavy atom. The van der Waals surface area contributed by atoms with Gasteiger partial charge in [-0.05, 0) is 24.7 Å². The third-order valence-electron chi connectivity index (χ3n) is 5.35. The number of piperazine rings is 1. The van der Waals surface area contributed by atoms with E-state index in [0.717, 1.165) is 24.5 Å². The highest BCUT2D eigenvalue weighted by atomic mass is 16.6. The van der Waals surface area contributed by atoms with Crippen LogP contribution in [-0.4, -0.2) is 54.4 Å². The quantitative estimate of drug-likeness (QED) is 0.460. The Morgan fingerprint density at radius 1 is 0.964 bits per heavy atom. The van der Waals surface area contributed by atoms with E-state index in [4.69, 9.17) is 0 Å². The highest BCUT2D eigenvalue weighted by Crippen LogP contribution is 2.37. The SMILES string of the molecule is CCN1CCN(c2cc3c(cc2[N+](=O)[O-])C(=O)N(c2ccccc2)C3=O)CC1. The summed E-state index contributed by atoms with van der Waals surface area (Å²) in [5.74, 6) is -0.980. The first-order chi connectivity index (χ1) is 13.5. The smallest absolute Gasteiger partial charge is 0.293 e. The lowest BCUT2D eigenvalue weighted by atomic mass is 10.1. The Bertz CT molecular complexity index is 952. The second kappa shape index (κ2) is 7.05. The molecule has 1 fully saturated rings. The zero-order valence-corrected chi connectivity index (χ0v) is 15.5. The summed E-state index contributed by atoms with van der Waals surface area (Å²) >= 11 is 0. The average molecular weight is 380 g/mol. The predicted octanol–water partition coefficient (Wildman–Crippen LogP) is 2.54. The van der Waals surface area contributed by atoms with Gasteiger partial charge in [-0.15, -0.1) is 0 Å². The van der Waals surface area contributed by atoms with Gasteiger partial charge in [0.2, 0.25) is 0 Å². The molecular formula is C20H20N4O4. The van der Waals surface area contributed by atoms with Crippen molar-refractivity contribution in [2.75, 3.05) is 42.5 Å². The van der Waals surface area contributed by atoms with Crippen molar-refractivity contribution in [1.82, 2.24) is 4.90 Å². The van der Waals surface area contributed by atoms with Crippen molar-refractivity contribution in [1.29, 1.82) is 0 Å². The summed E-state index contributed by atoms with van der Waals surface area (Å²) in [5, 5.41) is 11.7. The van der Waals surface area contributed by atoms with Crippen molar-refractivity contribution < 1.29 is 14.5 Å². The van der Waals surface area contributed by atoms with Crippen LogP contribution >= 0.6 is 0 Å². The topological polar surface area (TPSA) is 87.0 Å². The molecule has 2 heterocycles. The molecule has 2 aliphatic rings. The van der Waals surface area contributed by atoms with Gasteiger partial charge in [0.1, 0.15) is 5.69 Å². The lowest BCUT2D eigenvalue weighted by molar-refractivity contribution is -0.384. The molecule has 8 nitrogen and oxygen atoms in total. The van der Waals surface area contributed by atoms with Crippen molar-refractivity contribution in [2.24, 2.45) is 0 Å². The number of hydrogen-bond donors (Lipinski definition) is 0. The molecule has 0 radical (unpaired) electrons. The normalized spacial score (nSPS) is 17.2. The number of benzene rings is 2. The number of hydrogen-bond acceptors (Lipinski definition) is 6. The number of carbonyl (C=O) groups excluding carboxylic acids is 2. The number of nitro benzene ring substituents is 1. The van der Waals surface area contributed by atoms with Crippen LogP contribution in [0.4, 0.5) is 17.1 Å². The molecule has 0 aromatic heterocycles. The van der Waals surface area contributed by atoms with Crippen molar-refractivity contribution in [3.8, 4) is 0 Å². The fraction of sp³-hybridized carbons (Fsp3) is 0.300. The lowest BCUT2D eigenvalue weighted by Crippen LogP contribution is -2.46. The van der Waals surface area contributed by atoms with Gasteiger partial charge in [0, 0.05) is 32.2 Å². The predicted molar refractivity (Wildman–Crippen MR) is 105 cm³/mol. The van der Waals surface area contributed by atoms with Gasteiger partial charge in [0.05, 0.1) is 21.7 Å². The van der Waals surface area contributed by atoms with Gasteiger partial charge in [0.15, 0.2) is 0 Å². The van der Waals surface area contributed by atoms with Crippen molar-refractivity contribution in [3.63, 3.8) is 0 Å². The Kier molecular flexibility index (Phi) is 4.56. The summed E-state index contributed by atoms with van der Waals surface area (Å²) in [7, 11) is 0. The fourth-order valence-corrected chi connectivity index (χ4v) is 3.78. The maximum atomic E-state index is 12.9. The number of rotatable bonds is 4. The Morgan fingerprint density at radius 2 is 1.57 bits per heavy atom. The summed E-state index contributed by atoms with van der Waals surface area (Å²) in [6, 6.07) is 11.4. The molecule has 0 spiro atoms. The minimum absolute atomic E-state index is 0.0801. The van der Waals surface area contributed by atoms with Crippen LogP contribution in [0.3, 0.4) is 0 Å². The first kappa shape index (κ1) is 18.1. The molecule has 28 heavy (non-hydrogen) atoms. The van der Waals surface area contributed by atoms with Crippen LogP contribution in [0.25, 0.3) is 0 Å². The highest BCUT2D eigenvalue weighted by Gasteiger charge is 2.40. The van der Waals surface area contributed by atoms with E-state index in [1.807, 2.05) is 4.90 Å². The average Bonchev–Trinajstić information content (AvgIpc) is 2.97. The minimum Gasteiger partial charge on any atom is -0.363 e. The number of carbonyl (C=O) groups is 2. The molecule has 144 valence electrons. The molecule has 0 unspecified atom stereocenters. The Labute approximate surface area is 162 Å². The lowest BCUT2D eigenvalue weighted by Gasteiger charge is -2.35. The van der Waals surface area contributed by atoms with Gasteiger partial charge >= 0.3 is 0 Å². The summed E-state index contributed by atoms with van der Waals surface area (Å²) in [5.41, 5.74) is 1.01. The summed E-state index contributed by atoms with van der Waals surface area (Å²) in [6.45, 7) is 5.88. The van der Waals surface area contributed by atoms with Crippen LogP contribution in [0.2, 0.25) is 0 Å². The number of nitro groups is 1. The van der Waals surface area contributed by atoms with E-state index in [2.05, 4.69) is 11.8 Å². The summed E-state index contributed by atoms with van der Waals surface area (Å²) in [4.78, 5) is 42.2. The molecule has 2 aliphatic heterocycles. The van der Waals surface area contributed by atoms with E-state index in [0.29, 0.717) is 24.5 Å². The monoisotopic (exact) mass is 380 g/mol. The Hall–Kier alpha value is -3.26. The van der Waals surface area contributed by atoms with E-state index < -0.39 is 16.7 Å². The van der Waals surface area contributed by atoms with Crippen LogP contribution in [0.5, 0.6) is 0 Å². The number of fused-ring (bicyclic) bond motifs is 1. The molecule has 2 amide bonds. The maximum Gasteiger partial charge on any atom is 0.293 e. The molecule has 1 saturated heterocycles. The van der Waals surface area contributed by atoms with Gasteiger partial charge < -0.3 is 9.80 Å². The molecule has 2 aromatic rings. The van der Waals surface area contributed by atoms with E-state index in [9.17, 15) is 19.7 Å². The zero-order valence-electron chi connectivity index (χ0n) is 15.5. The number of anilines is 2. The molecule has 0 bridgehead atoms. The van der Waals surface area contributed by atoms with Gasteiger partial charge in [-0.1, -0.05) is 25.1 Å². The second-order valence-electron chi connectivity index (χ2n) is 6.85.